The maximum atomic E-state index is 10.3. The number of hydrogen-bond donors (Lipinski definition) is 2. The van der Waals surface area contributed by atoms with Gasteiger partial charge in [0.1, 0.15) is 6.61 Å². The Morgan fingerprint density at radius 3 is 3.00 bits per heavy atom. The lowest BCUT2D eigenvalue weighted by atomic mass is 10.2. The fourth-order valence-electron chi connectivity index (χ4n) is 1.54. The third-order valence-corrected chi connectivity index (χ3v) is 2.14. The summed E-state index contributed by atoms with van der Waals surface area (Å²) in [5.74, 6) is 0.274. The van der Waals surface area contributed by atoms with E-state index in [-0.39, 0.29) is 18.5 Å². The van der Waals surface area contributed by atoms with Crippen molar-refractivity contribution in [2.24, 2.45) is 5.73 Å². The van der Waals surface area contributed by atoms with E-state index in [9.17, 15) is 4.79 Å². The fraction of sp³-hybridized carbons (Fsp3) is 0.625. The number of likely N-dealkylation sites (tertiary alicyclic amines) is 1. The summed E-state index contributed by atoms with van der Waals surface area (Å²) in [6.07, 6.45) is 1.16. The average Bonchev–Trinajstić information content (AvgIpc) is 2.47. The van der Waals surface area contributed by atoms with Crippen molar-refractivity contribution >= 4 is 11.9 Å². The third-order valence-electron chi connectivity index (χ3n) is 2.14. The van der Waals surface area contributed by atoms with Gasteiger partial charge in [-0.15, -0.1) is 0 Å². The third kappa shape index (κ3) is 2.61. The maximum Gasteiger partial charge on any atom is 0.404 e. The monoisotopic (exact) mass is 184 g/mol. The average molecular weight is 184 g/mol. The summed E-state index contributed by atoms with van der Waals surface area (Å²) in [5, 5.41) is 7.35. The summed E-state index contributed by atoms with van der Waals surface area (Å²) in [7, 11) is 0. The van der Waals surface area contributed by atoms with E-state index in [2.05, 4.69) is 11.7 Å². The molecular weight excluding hydrogens is 170 g/mol. The topological polar surface area (TPSA) is 79.4 Å². The van der Waals surface area contributed by atoms with Gasteiger partial charge < -0.3 is 15.4 Å². The minimum atomic E-state index is -0.762. The molecule has 3 N–H and O–H groups in total. The molecule has 1 saturated heterocycles. The van der Waals surface area contributed by atoms with Gasteiger partial charge in [0.25, 0.3) is 0 Å². The van der Waals surface area contributed by atoms with Crippen molar-refractivity contribution in [2.45, 2.75) is 18.9 Å². The highest BCUT2D eigenvalue weighted by Crippen LogP contribution is 2.17. The molecule has 1 amide bonds. The van der Waals surface area contributed by atoms with Crippen molar-refractivity contribution in [1.29, 1.82) is 5.41 Å². The van der Waals surface area contributed by atoms with E-state index in [4.69, 9.17) is 11.1 Å². The number of rotatable bonds is 2. The van der Waals surface area contributed by atoms with Crippen LogP contribution in [0.5, 0.6) is 0 Å². The second kappa shape index (κ2) is 4.11. The molecule has 1 aliphatic heterocycles. The summed E-state index contributed by atoms with van der Waals surface area (Å²) in [6.45, 7) is 4.61. The normalized spacial score (nSPS) is 21.6. The smallest absolute Gasteiger partial charge is 0.404 e. The van der Waals surface area contributed by atoms with Crippen LogP contribution in [0.1, 0.15) is 12.8 Å². The van der Waals surface area contributed by atoms with Gasteiger partial charge in [-0.2, -0.15) is 0 Å². The molecule has 0 spiro atoms. The molecule has 1 rings (SSSR count). The molecule has 13 heavy (non-hydrogen) atoms. The van der Waals surface area contributed by atoms with E-state index >= 15 is 0 Å². The van der Waals surface area contributed by atoms with Crippen LogP contribution in [0.4, 0.5) is 4.79 Å². The summed E-state index contributed by atoms with van der Waals surface area (Å²) in [4.78, 5) is 12.2. The molecule has 0 saturated carbocycles. The molecule has 1 heterocycles. The first-order chi connectivity index (χ1) is 6.11. The van der Waals surface area contributed by atoms with Crippen molar-refractivity contribution in [3.05, 3.63) is 6.92 Å². The number of amides is 1. The second-order valence-corrected chi connectivity index (χ2v) is 3.07. The van der Waals surface area contributed by atoms with Crippen LogP contribution in [0.3, 0.4) is 0 Å². The number of carbonyl (C=O) groups excluding carboxylic acids is 1. The number of nitrogens with zero attached hydrogens (tertiary/aromatic N) is 1. The standard InChI is InChI=1S/C8H14N3O2/c1-6(9)11-4-2-3-7(11)5-13-8(10)12/h7,9H,1-5H2,(H2,10,12). The van der Waals surface area contributed by atoms with Crippen LogP contribution < -0.4 is 5.73 Å². The zero-order chi connectivity index (χ0) is 9.84. The van der Waals surface area contributed by atoms with E-state index in [0.29, 0.717) is 0 Å². The van der Waals surface area contributed by atoms with Gasteiger partial charge in [0, 0.05) is 13.5 Å². The largest absolute Gasteiger partial charge is 0.448 e. The van der Waals surface area contributed by atoms with Gasteiger partial charge in [0.15, 0.2) is 0 Å². The fourth-order valence-corrected chi connectivity index (χ4v) is 1.54. The first-order valence-corrected chi connectivity index (χ1v) is 4.20. The van der Waals surface area contributed by atoms with E-state index in [1.807, 2.05) is 4.90 Å². The van der Waals surface area contributed by atoms with Gasteiger partial charge in [-0.1, -0.05) is 0 Å². The van der Waals surface area contributed by atoms with Crippen LogP contribution in [-0.4, -0.2) is 36.0 Å². The number of ether oxygens (including phenoxy) is 1. The first-order valence-electron chi connectivity index (χ1n) is 4.20. The molecule has 0 bridgehead atoms. The number of carbonyl (C=O) groups is 1. The SMILES string of the molecule is [CH2]C(=N)N1CCCC1COC(N)=O. The number of primary amides is 1. The Morgan fingerprint density at radius 2 is 2.46 bits per heavy atom. The van der Waals surface area contributed by atoms with Gasteiger partial charge in [0.05, 0.1) is 11.9 Å². The van der Waals surface area contributed by atoms with Gasteiger partial charge >= 0.3 is 6.09 Å². The molecule has 1 fully saturated rings. The quantitative estimate of drug-likeness (QED) is 0.480. The highest BCUT2D eigenvalue weighted by Gasteiger charge is 2.25. The lowest BCUT2D eigenvalue weighted by Gasteiger charge is -2.24. The summed E-state index contributed by atoms with van der Waals surface area (Å²) < 4.78 is 4.68. The molecule has 5 nitrogen and oxygen atoms in total. The Bertz CT molecular complexity index is 217. The Hall–Kier alpha value is -1.26. The molecule has 0 aromatic heterocycles. The van der Waals surface area contributed by atoms with Crippen molar-refractivity contribution in [1.82, 2.24) is 4.90 Å². The van der Waals surface area contributed by atoms with Crippen molar-refractivity contribution in [2.75, 3.05) is 13.2 Å². The molecular formula is C8H14N3O2. The van der Waals surface area contributed by atoms with E-state index in [1.165, 1.54) is 0 Å². The lowest BCUT2D eigenvalue weighted by molar-refractivity contribution is 0.132. The van der Waals surface area contributed by atoms with Crippen LogP contribution in [0.15, 0.2) is 0 Å². The van der Waals surface area contributed by atoms with E-state index < -0.39 is 6.09 Å². The lowest BCUT2D eigenvalue weighted by Crippen LogP contribution is -2.37. The molecule has 73 valence electrons. The van der Waals surface area contributed by atoms with E-state index in [1.54, 1.807) is 0 Å². The Balaban J connectivity index is 2.39. The van der Waals surface area contributed by atoms with Gasteiger partial charge in [-0.3, -0.25) is 5.41 Å². The number of amidine groups is 1. The van der Waals surface area contributed by atoms with Crippen LogP contribution in [0.25, 0.3) is 0 Å². The number of hydrogen-bond acceptors (Lipinski definition) is 3. The summed E-state index contributed by atoms with van der Waals surface area (Å²) in [6, 6.07) is 0.0810. The van der Waals surface area contributed by atoms with Gasteiger partial charge in [0.2, 0.25) is 0 Å². The van der Waals surface area contributed by atoms with Crippen LogP contribution in [0, 0.1) is 12.3 Å². The molecule has 0 aromatic rings. The predicted molar refractivity (Wildman–Crippen MR) is 48.3 cm³/mol. The van der Waals surface area contributed by atoms with E-state index in [0.717, 1.165) is 19.4 Å². The van der Waals surface area contributed by atoms with Crippen LogP contribution >= 0.6 is 0 Å². The molecule has 1 atom stereocenters. The van der Waals surface area contributed by atoms with Gasteiger partial charge in [-0.05, 0) is 12.8 Å². The second-order valence-electron chi connectivity index (χ2n) is 3.07. The molecule has 0 aliphatic carbocycles. The molecule has 1 unspecified atom stereocenters. The Morgan fingerprint density at radius 1 is 1.77 bits per heavy atom. The van der Waals surface area contributed by atoms with Crippen molar-refractivity contribution in [3.63, 3.8) is 0 Å². The van der Waals surface area contributed by atoms with Crippen molar-refractivity contribution in [3.8, 4) is 0 Å². The zero-order valence-electron chi connectivity index (χ0n) is 7.45. The maximum absolute atomic E-state index is 10.3. The summed E-state index contributed by atoms with van der Waals surface area (Å²) in [5.41, 5.74) is 4.84. The molecule has 0 aromatic carbocycles. The van der Waals surface area contributed by atoms with Crippen LogP contribution in [-0.2, 0) is 4.74 Å². The van der Waals surface area contributed by atoms with Gasteiger partial charge in [-0.25, -0.2) is 4.79 Å². The van der Waals surface area contributed by atoms with Crippen LogP contribution in [0.2, 0.25) is 0 Å². The highest BCUT2D eigenvalue weighted by atomic mass is 16.5. The highest BCUT2D eigenvalue weighted by molar-refractivity contribution is 5.83. The number of nitrogens with two attached hydrogens (primary N) is 1. The number of nitrogens with one attached hydrogen (secondary N) is 1. The Labute approximate surface area is 77.3 Å². The minimum Gasteiger partial charge on any atom is -0.448 e. The minimum absolute atomic E-state index is 0.0810. The molecule has 1 aliphatic rings. The molecule has 1 radical (unpaired) electrons. The zero-order valence-corrected chi connectivity index (χ0v) is 7.45. The predicted octanol–water partition coefficient (Wildman–Crippen LogP) is 0.357. The summed E-state index contributed by atoms with van der Waals surface area (Å²) >= 11 is 0. The molecule has 5 heteroatoms. The first kappa shape index (κ1) is 9.83. The van der Waals surface area contributed by atoms with Crippen molar-refractivity contribution < 1.29 is 9.53 Å². The Kier molecular flexibility index (Phi) is 3.11.